The molecule has 0 fully saturated rings. The summed E-state index contributed by atoms with van der Waals surface area (Å²) < 4.78 is 0. The SMILES string of the molecule is CCC(Sc1nc2ncccc2[nH]1)C(=O)N(CC)c1ccccc1. The van der Waals surface area contributed by atoms with E-state index in [-0.39, 0.29) is 11.2 Å². The van der Waals surface area contributed by atoms with Crippen LogP contribution in [0.2, 0.25) is 0 Å². The summed E-state index contributed by atoms with van der Waals surface area (Å²) in [6, 6.07) is 13.6. The van der Waals surface area contributed by atoms with Gasteiger partial charge in [-0.15, -0.1) is 0 Å². The second-order valence-corrected chi connectivity index (χ2v) is 6.54. The van der Waals surface area contributed by atoms with Crippen molar-refractivity contribution in [2.45, 2.75) is 30.7 Å². The fourth-order valence-corrected chi connectivity index (χ4v) is 3.54. The summed E-state index contributed by atoms with van der Waals surface area (Å²) in [5.41, 5.74) is 2.49. The topological polar surface area (TPSA) is 61.9 Å². The Hall–Kier alpha value is -2.34. The van der Waals surface area contributed by atoms with Crippen molar-refractivity contribution in [3.05, 3.63) is 48.7 Å². The molecule has 0 spiro atoms. The minimum absolute atomic E-state index is 0.101. The highest BCUT2D eigenvalue weighted by molar-refractivity contribution is 8.00. The van der Waals surface area contributed by atoms with Crippen LogP contribution in [0.5, 0.6) is 0 Å². The predicted molar refractivity (Wildman–Crippen MR) is 98.3 cm³/mol. The van der Waals surface area contributed by atoms with E-state index >= 15 is 0 Å². The summed E-state index contributed by atoms with van der Waals surface area (Å²) >= 11 is 1.46. The van der Waals surface area contributed by atoms with Gasteiger partial charge in [0.2, 0.25) is 5.91 Å². The number of benzene rings is 1. The number of aromatic nitrogens is 3. The van der Waals surface area contributed by atoms with E-state index in [9.17, 15) is 4.79 Å². The molecule has 0 saturated heterocycles. The predicted octanol–water partition coefficient (Wildman–Crippen LogP) is 3.88. The summed E-state index contributed by atoms with van der Waals surface area (Å²) in [4.78, 5) is 26.7. The number of hydrogen-bond acceptors (Lipinski definition) is 4. The molecule has 1 atom stereocenters. The normalized spacial score (nSPS) is 12.2. The Kier molecular flexibility index (Phi) is 5.15. The summed E-state index contributed by atoms with van der Waals surface area (Å²) in [6.45, 7) is 4.66. The number of H-pyrrole nitrogens is 1. The van der Waals surface area contributed by atoms with Gasteiger partial charge in [0, 0.05) is 18.4 Å². The number of aromatic amines is 1. The first-order valence-corrected chi connectivity index (χ1v) is 8.94. The molecule has 0 radical (unpaired) electrons. The first-order chi connectivity index (χ1) is 11.7. The van der Waals surface area contributed by atoms with Crippen molar-refractivity contribution >= 4 is 34.5 Å². The third-order valence-electron chi connectivity index (χ3n) is 3.79. The maximum absolute atomic E-state index is 13.0. The molecule has 1 N–H and O–H groups in total. The van der Waals surface area contributed by atoms with Crippen LogP contribution in [-0.2, 0) is 4.79 Å². The molecule has 24 heavy (non-hydrogen) atoms. The van der Waals surface area contributed by atoms with Crippen molar-refractivity contribution in [2.24, 2.45) is 0 Å². The van der Waals surface area contributed by atoms with Gasteiger partial charge in [-0.25, -0.2) is 9.97 Å². The van der Waals surface area contributed by atoms with E-state index in [0.29, 0.717) is 12.2 Å². The van der Waals surface area contributed by atoms with Crippen molar-refractivity contribution in [3.63, 3.8) is 0 Å². The molecular weight excluding hydrogens is 320 g/mol. The molecule has 0 saturated carbocycles. The molecule has 0 bridgehead atoms. The Bertz CT molecular complexity index is 785. The van der Waals surface area contributed by atoms with E-state index < -0.39 is 0 Å². The Morgan fingerprint density at radius 2 is 2.00 bits per heavy atom. The van der Waals surface area contributed by atoms with Crippen LogP contribution in [0.25, 0.3) is 11.2 Å². The molecule has 1 aromatic carbocycles. The number of thioether (sulfide) groups is 1. The monoisotopic (exact) mass is 340 g/mol. The number of nitrogens with zero attached hydrogens (tertiary/aromatic N) is 3. The van der Waals surface area contributed by atoms with Crippen LogP contribution in [0.1, 0.15) is 20.3 Å². The van der Waals surface area contributed by atoms with Gasteiger partial charge in [-0.1, -0.05) is 36.9 Å². The molecule has 0 aliphatic heterocycles. The molecule has 2 aromatic heterocycles. The molecule has 0 aliphatic rings. The van der Waals surface area contributed by atoms with E-state index in [0.717, 1.165) is 22.8 Å². The number of carbonyl (C=O) groups excluding carboxylic acids is 1. The van der Waals surface area contributed by atoms with Crippen LogP contribution in [0.4, 0.5) is 5.69 Å². The number of hydrogen-bond donors (Lipinski definition) is 1. The van der Waals surface area contributed by atoms with Crippen molar-refractivity contribution in [2.75, 3.05) is 11.4 Å². The van der Waals surface area contributed by atoms with Gasteiger partial charge in [0.15, 0.2) is 10.8 Å². The van der Waals surface area contributed by atoms with Crippen LogP contribution in [0, 0.1) is 0 Å². The molecule has 1 amide bonds. The van der Waals surface area contributed by atoms with Gasteiger partial charge in [-0.2, -0.15) is 0 Å². The first kappa shape index (κ1) is 16.5. The molecule has 0 aliphatic carbocycles. The summed E-state index contributed by atoms with van der Waals surface area (Å²) in [5.74, 6) is 0.101. The van der Waals surface area contributed by atoms with Gasteiger partial charge in [0.1, 0.15) is 0 Å². The Morgan fingerprint density at radius 1 is 1.21 bits per heavy atom. The average Bonchev–Trinajstić information content (AvgIpc) is 3.03. The minimum atomic E-state index is -0.189. The lowest BCUT2D eigenvalue weighted by atomic mass is 10.2. The van der Waals surface area contributed by atoms with Crippen molar-refractivity contribution < 1.29 is 4.79 Å². The number of anilines is 1. The zero-order chi connectivity index (χ0) is 16.9. The quantitative estimate of drug-likeness (QED) is 0.692. The van der Waals surface area contributed by atoms with Crippen LogP contribution < -0.4 is 4.90 Å². The fourth-order valence-electron chi connectivity index (χ4n) is 2.57. The smallest absolute Gasteiger partial charge is 0.240 e. The largest absolute Gasteiger partial charge is 0.332 e. The summed E-state index contributed by atoms with van der Waals surface area (Å²) in [6.07, 6.45) is 2.45. The molecule has 1 unspecified atom stereocenters. The first-order valence-electron chi connectivity index (χ1n) is 8.06. The number of nitrogens with one attached hydrogen (secondary N) is 1. The van der Waals surface area contributed by atoms with Crippen molar-refractivity contribution in [3.8, 4) is 0 Å². The lowest BCUT2D eigenvalue weighted by molar-refractivity contribution is -0.118. The lowest BCUT2D eigenvalue weighted by Crippen LogP contribution is -2.37. The second kappa shape index (κ2) is 7.49. The Balaban J connectivity index is 1.80. The number of rotatable bonds is 6. The van der Waals surface area contributed by atoms with E-state index in [1.54, 1.807) is 6.20 Å². The molecule has 124 valence electrons. The zero-order valence-corrected chi connectivity index (χ0v) is 14.6. The number of para-hydroxylation sites is 1. The van der Waals surface area contributed by atoms with Crippen LogP contribution in [0.3, 0.4) is 0 Å². The molecular formula is C18H20N4OS. The van der Waals surface area contributed by atoms with Gasteiger partial charge in [0.25, 0.3) is 0 Å². The lowest BCUT2D eigenvalue weighted by Gasteiger charge is -2.25. The van der Waals surface area contributed by atoms with Crippen molar-refractivity contribution in [1.29, 1.82) is 0 Å². The highest BCUT2D eigenvalue weighted by Gasteiger charge is 2.25. The van der Waals surface area contributed by atoms with Crippen LogP contribution in [0.15, 0.2) is 53.8 Å². The van der Waals surface area contributed by atoms with Gasteiger partial charge in [-0.3, -0.25) is 4.79 Å². The molecule has 6 heteroatoms. The Morgan fingerprint density at radius 3 is 2.67 bits per heavy atom. The molecule has 3 rings (SSSR count). The maximum atomic E-state index is 13.0. The Labute approximate surface area is 145 Å². The number of carbonyl (C=O) groups is 1. The number of pyridine rings is 1. The standard InChI is InChI=1S/C18H20N4OS/c1-3-15(17(23)22(4-2)13-9-6-5-7-10-13)24-18-20-14-11-8-12-19-16(14)21-18/h5-12,15H,3-4H2,1-2H3,(H,19,20,21). The number of fused-ring (bicyclic) bond motifs is 1. The summed E-state index contributed by atoms with van der Waals surface area (Å²) in [7, 11) is 0. The number of imidazole rings is 1. The molecule has 5 nitrogen and oxygen atoms in total. The van der Waals surface area contributed by atoms with E-state index in [2.05, 4.69) is 15.0 Å². The van der Waals surface area contributed by atoms with Gasteiger partial charge >= 0.3 is 0 Å². The van der Waals surface area contributed by atoms with Gasteiger partial charge in [0.05, 0.1) is 10.8 Å². The van der Waals surface area contributed by atoms with Gasteiger partial charge in [-0.05, 0) is 37.6 Å². The van der Waals surface area contributed by atoms with Gasteiger partial charge < -0.3 is 9.88 Å². The van der Waals surface area contributed by atoms with Crippen LogP contribution >= 0.6 is 11.8 Å². The maximum Gasteiger partial charge on any atom is 0.240 e. The average molecular weight is 340 g/mol. The zero-order valence-electron chi connectivity index (χ0n) is 13.8. The highest BCUT2D eigenvalue weighted by Crippen LogP contribution is 2.27. The minimum Gasteiger partial charge on any atom is -0.332 e. The third-order valence-corrected chi connectivity index (χ3v) is 5.02. The third kappa shape index (κ3) is 3.43. The van der Waals surface area contributed by atoms with Crippen LogP contribution in [-0.4, -0.2) is 32.7 Å². The molecule has 3 aromatic rings. The van der Waals surface area contributed by atoms with E-state index in [4.69, 9.17) is 0 Å². The molecule has 2 heterocycles. The van der Waals surface area contributed by atoms with E-state index in [1.165, 1.54) is 11.8 Å². The van der Waals surface area contributed by atoms with Crippen molar-refractivity contribution in [1.82, 2.24) is 15.0 Å². The van der Waals surface area contributed by atoms with E-state index in [1.807, 2.05) is 61.2 Å². The second-order valence-electron chi connectivity index (χ2n) is 5.35. The number of amides is 1. The summed E-state index contributed by atoms with van der Waals surface area (Å²) in [5, 5.41) is 0.540. The fraction of sp³-hybridized carbons (Fsp3) is 0.278. The highest BCUT2D eigenvalue weighted by atomic mass is 32.2.